The lowest BCUT2D eigenvalue weighted by atomic mass is 9.74. The van der Waals surface area contributed by atoms with Crippen LogP contribution in [0.2, 0.25) is 10.0 Å². The first-order valence-electron chi connectivity index (χ1n) is 12.1. The summed E-state index contributed by atoms with van der Waals surface area (Å²) in [5, 5.41) is 0.495. The first-order valence-corrected chi connectivity index (χ1v) is 12.8. The van der Waals surface area contributed by atoms with Crippen molar-refractivity contribution in [1.82, 2.24) is 4.90 Å². The molecule has 0 unspecified atom stereocenters. The second kappa shape index (κ2) is 12.7. The molecule has 0 aliphatic rings. The molecule has 0 aliphatic heterocycles. The molecule has 200 valence electrons. The number of nitrogens with two attached hydrogens (primary N) is 4. The van der Waals surface area contributed by atoms with Gasteiger partial charge in [-0.3, -0.25) is 14.6 Å². The molecule has 2 amide bonds. The highest BCUT2D eigenvalue weighted by Gasteiger charge is 2.43. The highest BCUT2D eigenvalue weighted by atomic mass is 35.5. The summed E-state index contributed by atoms with van der Waals surface area (Å²) in [5.41, 5.74) is 23.9. The Bertz CT molecular complexity index is 1230. The predicted molar refractivity (Wildman–Crippen MR) is 154 cm³/mol. The summed E-state index contributed by atoms with van der Waals surface area (Å²) in [6.07, 6.45) is 0.667. The lowest BCUT2D eigenvalue weighted by Gasteiger charge is -2.39. The number of nitrogen functional groups attached to an aromatic ring is 1. The number of anilines is 1. The number of hydrogen-bond acceptors (Lipinski definition) is 4. The second-order valence-corrected chi connectivity index (χ2v) is 9.94. The third-order valence-electron chi connectivity index (χ3n) is 6.52. The molecule has 0 aromatic heterocycles. The van der Waals surface area contributed by atoms with Crippen molar-refractivity contribution in [2.45, 2.75) is 37.8 Å². The van der Waals surface area contributed by atoms with Gasteiger partial charge in [0.25, 0.3) is 0 Å². The van der Waals surface area contributed by atoms with E-state index in [1.807, 2.05) is 67.6 Å². The van der Waals surface area contributed by atoms with Crippen LogP contribution in [-0.2, 0) is 21.5 Å². The number of hydrogen-bond donors (Lipinski definition) is 4. The number of aliphatic imine (C=N–C) groups is 1. The van der Waals surface area contributed by atoms with Gasteiger partial charge < -0.3 is 27.8 Å². The Labute approximate surface area is 232 Å². The molecule has 8 nitrogen and oxygen atoms in total. The first kappa shape index (κ1) is 28.8. The van der Waals surface area contributed by atoms with Crippen molar-refractivity contribution >= 4 is 46.7 Å². The van der Waals surface area contributed by atoms with E-state index in [4.69, 9.17) is 46.1 Å². The summed E-state index contributed by atoms with van der Waals surface area (Å²) < 4.78 is 0. The number of rotatable bonds is 11. The van der Waals surface area contributed by atoms with Crippen LogP contribution in [0.4, 0.5) is 5.69 Å². The van der Waals surface area contributed by atoms with E-state index in [2.05, 4.69) is 4.99 Å². The number of halogens is 2. The maximum Gasteiger partial charge on any atom is 0.240 e. The van der Waals surface area contributed by atoms with Crippen LogP contribution in [0.1, 0.15) is 36.5 Å². The predicted octanol–water partition coefficient (Wildman–Crippen LogP) is 3.82. The monoisotopic (exact) mass is 554 g/mol. The minimum atomic E-state index is -1.14. The molecule has 0 fully saturated rings. The molecule has 3 rings (SSSR count). The molecule has 0 saturated heterocycles. The largest absolute Gasteiger partial charge is 0.396 e. The van der Waals surface area contributed by atoms with Crippen molar-refractivity contribution in [3.05, 3.63) is 99.5 Å². The third kappa shape index (κ3) is 6.57. The Morgan fingerprint density at radius 3 is 1.87 bits per heavy atom. The van der Waals surface area contributed by atoms with Crippen molar-refractivity contribution in [1.29, 1.82) is 0 Å². The fourth-order valence-electron chi connectivity index (χ4n) is 4.44. The van der Waals surface area contributed by atoms with Crippen molar-refractivity contribution in [2.75, 3.05) is 12.3 Å². The van der Waals surface area contributed by atoms with Gasteiger partial charge >= 0.3 is 0 Å². The van der Waals surface area contributed by atoms with Gasteiger partial charge in [0.1, 0.15) is 6.04 Å². The van der Waals surface area contributed by atoms with Gasteiger partial charge in [0.05, 0.1) is 21.1 Å². The van der Waals surface area contributed by atoms with Gasteiger partial charge in [-0.25, -0.2) is 0 Å². The molecule has 3 aromatic carbocycles. The molecule has 1 atom stereocenters. The molecule has 0 aliphatic carbocycles. The number of guanidine groups is 1. The summed E-state index contributed by atoms with van der Waals surface area (Å²) >= 11 is 12.6. The van der Waals surface area contributed by atoms with E-state index in [0.29, 0.717) is 12.0 Å². The smallest absolute Gasteiger partial charge is 0.240 e. The Balaban J connectivity index is 2.14. The molecule has 38 heavy (non-hydrogen) atoms. The van der Waals surface area contributed by atoms with Crippen molar-refractivity contribution in [2.24, 2.45) is 22.2 Å². The Morgan fingerprint density at radius 2 is 1.42 bits per heavy atom. The van der Waals surface area contributed by atoms with Crippen LogP contribution in [-0.4, -0.2) is 35.3 Å². The summed E-state index contributed by atoms with van der Waals surface area (Å²) in [6, 6.07) is 21.1. The van der Waals surface area contributed by atoms with E-state index < -0.39 is 17.4 Å². The lowest BCUT2D eigenvalue weighted by molar-refractivity contribution is -0.143. The highest BCUT2D eigenvalue weighted by Crippen LogP contribution is 2.36. The molecule has 0 spiro atoms. The molecular weight excluding hydrogens is 523 g/mol. The van der Waals surface area contributed by atoms with Crippen LogP contribution in [0, 0.1) is 0 Å². The molecule has 8 N–H and O–H groups in total. The van der Waals surface area contributed by atoms with E-state index in [9.17, 15) is 9.59 Å². The Kier molecular flexibility index (Phi) is 9.61. The molecule has 3 aromatic rings. The fraction of sp³-hybridized carbons (Fsp3) is 0.250. The van der Waals surface area contributed by atoms with Gasteiger partial charge in [-0.15, -0.1) is 0 Å². The fourth-order valence-corrected chi connectivity index (χ4v) is 4.97. The summed E-state index contributed by atoms with van der Waals surface area (Å²) in [5.74, 6) is -1.02. The summed E-state index contributed by atoms with van der Waals surface area (Å²) in [7, 11) is 0. The second-order valence-electron chi connectivity index (χ2n) is 9.13. The zero-order chi connectivity index (χ0) is 27.9. The molecular formula is C28H32Cl2N6O2. The SMILES string of the molecule is CC(C(=O)N(Cc1cc(Cl)c(N)c(Cl)c1)[C@H](CCCN=C(N)N)C(N)=O)(c1ccccc1)c1ccccc1. The number of benzene rings is 3. The maximum absolute atomic E-state index is 14.7. The molecule has 0 radical (unpaired) electrons. The van der Waals surface area contributed by atoms with Gasteiger partial charge in [0.2, 0.25) is 11.8 Å². The standard InChI is InChI=1S/C28H32Cl2N6O2/c1-28(19-9-4-2-5-10-19,20-11-6-3-7-12-20)26(38)36(17-18-15-21(29)24(31)22(30)16-18)23(25(32)37)13-8-14-35-27(33)34/h2-7,9-12,15-16,23H,8,13-14,17,31H2,1H3,(H2,32,37)(H4,33,34,35)/t23-/m1/s1. The summed E-state index contributed by atoms with van der Waals surface area (Å²) in [4.78, 5) is 32.9. The van der Waals surface area contributed by atoms with Crippen LogP contribution < -0.4 is 22.9 Å². The first-order chi connectivity index (χ1) is 18.1. The number of amides is 2. The number of primary amides is 1. The minimum Gasteiger partial charge on any atom is -0.396 e. The van der Waals surface area contributed by atoms with Crippen LogP contribution >= 0.6 is 23.2 Å². The zero-order valence-corrected chi connectivity index (χ0v) is 22.6. The van der Waals surface area contributed by atoms with Crippen LogP contribution in [0.5, 0.6) is 0 Å². The summed E-state index contributed by atoms with van der Waals surface area (Å²) in [6.45, 7) is 2.14. The van der Waals surface area contributed by atoms with Crippen LogP contribution in [0.3, 0.4) is 0 Å². The number of carbonyl (C=O) groups excluding carboxylic acids is 2. The van der Waals surface area contributed by atoms with Crippen molar-refractivity contribution in [3.8, 4) is 0 Å². The van der Waals surface area contributed by atoms with Gasteiger partial charge in [-0.05, 0) is 48.6 Å². The minimum absolute atomic E-state index is 0.0176. The normalized spacial score (nSPS) is 12.0. The van der Waals surface area contributed by atoms with E-state index >= 15 is 0 Å². The Hall–Kier alpha value is -3.75. The molecule has 0 heterocycles. The van der Waals surface area contributed by atoms with Gasteiger partial charge in [0.15, 0.2) is 5.96 Å². The van der Waals surface area contributed by atoms with Gasteiger partial charge in [0, 0.05) is 13.1 Å². The van der Waals surface area contributed by atoms with E-state index in [1.165, 1.54) is 4.90 Å². The van der Waals surface area contributed by atoms with Crippen LogP contribution in [0.15, 0.2) is 77.8 Å². The third-order valence-corrected chi connectivity index (χ3v) is 7.14. The lowest BCUT2D eigenvalue weighted by Crippen LogP contribution is -2.54. The Morgan fingerprint density at radius 1 is 0.921 bits per heavy atom. The quantitative estimate of drug-likeness (QED) is 0.123. The maximum atomic E-state index is 14.7. The van der Waals surface area contributed by atoms with Crippen LogP contribution in [0.25, 0.3) is 0 Å². The average Bonchev–Trinajstić information content (AvgIpc) is 2.90. The van der Waals surface area contributed by atoms with Crippen molar-refractivity contribution < 1.29 is 9.59 Å². The highest BCUT2D eigenvalue weighted by molar-refractivity contribution is 6.38. The van der Waals surface area contributed by atoms with Gasteiger partial charge in [-0.1, -0.05) is 83.9 Å². The number of carbonyl (C=O) groups is 2. The molecule has 0 saturated carbocycles. The average molecular weight is 556 g/mol. The van der Waals surface area contributed by atoms with E-state index in [1.54, 1.807) is 12.1 Å². The molecule has 0 bridgehead atoms. The van der Waals surface area contributed by atoms with E-state index in [0.717, 1.165) is 11.1 Å². The van der Waals surface area contributed by atoms with Crippen molar-refractivity contribution in [3.63, 3.8) is 0 Å². The van der Waals surface area contributed by atoms with Gasteiger partial charge in [-0.2, -0.15) is 0 Å². The van der Waals surface area contributed by atoms with E-state index in [-0.39, 0.29) is 47.1 Å². The zero-order valence-electron chi connectivity index (χ0n) is 21.1. The topological polar surface area (TPSA) is 154 Å². The molecule has 10 heteroatoms. The number of nitrogens with zero attached hydrogens (tertiary/aromatic N) is 2.